The van der Waals surface area contributed by atoms with Crippen LogP contribution in [-0.4, -0.2) is 25.7 Å². The standard InChI is InChI=1S/C13H30N2/c1-7-11(4)12(5)15-9-13(14-6)8-10(2)3/h10-15H,7-9H2,1-6H3/t11?,12-,13-/m1/s1. The highest BCUT2D eigenvalue weighted by Gasteiger charge is 2.13. The van der Waals surface area contributed by atoms with E-state index in [2.05, 4.69) is 52.3 Å². The first-order valence-corrected chi connectivity index (χ1v) is 6.41. The smallest absolute Gasteiger partial charge is 0.0192 e. The first-order chi connectivity index (χ1) is 7.01. The molecule has 2 heteroatoms. The maximum absolute atomic E-state index is 3.63. The van der Waals surface area contributed by atoms with Crippen LogP contribution in [0.5, 0.6) is 0 Å². The molecule has 0 amide bonds. The van der Waals surface area contributed by atoms with Gasteiger partial charge in [-0.1, -0.05) is 34.1 Å². The van der Waals surface area contributed by atoms with Gasteiger partial charge < -0.3 is 10.6 Å². The second-order valence-corrected chi connectivity index (χ2v) is 5.20. The van der Waals surface area contributed by atoms with Gasteiger partial charge in [0.15, 0.2) is 0 Å². The summed E-state index contributed by atoms with van der Waals surface area (Å²) in [5.41, 5.74) is 0. The molecule has 0 saturated heterocycles. The molecule has 1 unspecified atom stereocenters. The summed E-state index contributed by atoms with van der Waals surface area (Å²) in [6.07, 6.45) is 2.50. The molecule has 92 valence electrons. The van der Waals surface area contributed by atoms with Crippen LogP contribution in [0.25, 0.3) is 0 Å². The Morgan fingerprint density at radius 3 is 2.07 bits per heavy atom. The summed E-state index contributed by atoms with van der Waals surface area (Å²) in [6.45, 7) is 12.5. The van der Waals surface area contributed by atoms with Gasteiger partial charge in [0.05, 0.1) is 0 Å². The van der Waals surface area contributed by atoms with Crippen LogP contribution in [0.2, 0.25) is 0 Å². The van der Waals surface area contributed by atoms with Crippen molar-refractivity contribution in [2.45, 2.75) is 59.5 Å². The average molecular weight is 214 g/mol. The minimum absolute atomic E-state index is 0.608. The van der Waals surface area contributed by atoms with E-state index in [1.165, 1.54) is 12.8 Å². The molecule has 0 aromatic carbocycles. The Bertz CT molecular complexity index is 145. The van der Waals surface area contributed by atoms with Gasteiger partial charge in [-0.05, 0) is 32.2 Å². The van der Waals surface area contributed by atoms with Crippen molar-refractivity contribution in [2.24, 2.45) is 11.8 Å². The largest absolute Gasteiger partial charge is 0.316 e. The number of hydrogen-bond acceptors (Lipinski definition) is 2. The van der Waals surface area contributed by atoms with E-state index in [0.717, 1.165) is 18.4 Å². The average Bonchev–Trinajstić information content (AvgIpc) is 2.21. The zero-order chi connectivity index (χ0) is 11.8. The van der Waals surface area contributed by atoms with Crippen molar-refractivity contribution in [3.05, 3.63) is 0 Å². The Morgan fingerprint density at radius 2 is 1.67 bits per heavy atom. The van der Waals surface area contributed by atoms with Crippen LogP contribution in [0.3, 0.4) is 0 Å². The molecule has 0 spiro atoms. The van der Waals surface area contributed by atoms with E-state index in [-0.39, 0.29) is 0 Å². The predicted octanol–water partition coefficient (Wildman–Crippen LogP) is 2.64. The van der Waals surface area contributed by atoms with Gasteiger partial charge in [0.2, 0.25) is 0 Å². The fourth-order valence-electron chi connectivity index (χ4n) is 1.76. The summed E-state index contributed by atoms with van der Waals surface area (Å²) in [5.74, 6) is 1.53. The highest BCUT2D eigenvalue weighted by Crippen LogP contribution is 2.08. The third-order valence-corrected chi connectivity index (χ3v) is 3.35. The van der Waals surface area contributed by atoms with Gasteiger partial charge in [-0.2, -0.15) is 0 Å². The highest BCUT2D eigenvalue weighted by molar-refractivity contribution is 4.74. The van der Waals surface area contributed by atoms with Gasteiger partial charge in [-0.3, -0.25) is 0 Å². The van der Waals surface area contributed by atoms with Crippen molar-refractivity contribution in [3.8, 4) is 0 Å². The summed E-state index contributed by atoms with van der Waals surface area (Å²) in [7, 11) is 2.06. The maximum Gasteiger partial charge on any atom is 0.0192 e. The lowest BCUT2D eigenvalue weighted by Crippen LogP contribution is -2.42. The van der Waals surface area contributed by atoms with Crippen molar-refractivity contribution >= 4 is 0 Å². The van der Waals surface area contributed by atoms with Crippen LogP contribution in [-0.2, 0) is 0 Å². The number of rotatable bonds is 8. The van der Waals surface area contributed by atoms with Crippen LogP contribution < -0.4 is 10.6 Å². The molecule has 2 nitrogen and oxygen atoms in total. The lowest BCUT2D eigenvalue weighted by molar-refractivity contribution is 0.349. The topological polar surface area (TPSA) is 24.1 Å². The summed E-state index contributed by atoms with van der Waals surface area (Å²) >= 11 is 0. The van der Waals surface area contributed by atoms with E-state index in [4.69, 9.17) is 0 Å². The lowest BCUT2D eigenvalue weighted by Gasteiger charge is -2.24. The molecule has 3 atom stereocenters. The minimum atomic E-state index is 0.608. The summed E-state index contributed by atoms with van der Waals surface area (Å²) in [5, 5.41) is 7.01. The fraction of sp³-hybridized carbons (Fsp3) is 1.00. The van der Waals surface area contributed by atoms with Crippen LogP contribution in [0.4, 0.5) is 0 Å². The van der Waals surface area contributed by atoms with Crippen LogP contribution in [0.15, 0.2) is 0 Å². The SMILES string of the molecule is CCC(C)[C@@H](C)NC[C@@H](CC(C)C)NC. The van der Waals surface area contributed by atoms with Gasteiger partial charge in [-0.15, -0.1) is 0 Å². The molecule has 0 aliphatic rings. The third kappa shape index (κ3) is 6.91. The van der Waals surface area contributed by atoms with Crippen molar-refractivity contribution in [3.63, 3.8) is 0 Å². The second-order valence-electron chi connectivity index (χ2n) is 5.20. The van der Waals surface area contributed by atoms with Crippen LogP contribution in [0, 0.1) is 11.8 Å². The quantitative estimate of drug-likeness (QED) is 0.649. The van der Waals surface area contributed by atoms with Crippen LogP contribution in [0.1, 0.15) is 47.5 Å². The molecule has 0 fully saturated rings. The molecule has 0 heterocycles. The third-order valence-electron chi connectivity index (χ3n) is 3.35. The first-order valence-electron chi connectivity index (χ1n) is 6.41. The van der Waals surface area contributed by atoms with Gasteiger partial charge in [0, 0.05) is 18.6 Å². The fourth-order valence-corrected chi connectivity index (χ4v) is 1.76. The first kappa shape index (κ1) is 14.9. The summed E-state index contributed by atoms with van der Waals surface area (Å²) in [6, 6.07) is 1.23. The van der Waals surface area contributed by atoms with E-state index < -0.39 is 0 Å². The molecule has 0 bridgehead atoms. The molecule has 2 N–H and O–H groups in total. The van der Waals surface area contributed by atoms with Crippen molar-refractivity contribution in [2.75, 3.05) is 13.6 Å². The van der Waals surface area contributed by atoms with Gasteiger partial charge >= 0.3 is 0 Å². The van der Waals surface area contributed by atoms with E-state index in [1.807, 2.05) is 0 Å². The molecular formula is C13H30N2. The van der Waals surface area contributed by atoms with Crippen molar-refractivity contribution < 1.29 is 0 Å². The lowest BCUT2D eigenvalue weighted by atomic mass is 9.99. The van der Waals surface area contributed by atoms with E-state index in [1.54, 1.807) is 0 Å². The predicted molar refractivity (Wildman–Crippen MR) is 69.2 cm³/mol. The van der Waals surface area contributed by atoms with Gasteiger partial charge in [0.25, 0.3) is 0 Å². The highest BCUT2D eigenvalue weighted by atomic mass is 15.0. The molecular weight excluding hydrogens is 184 g/mol. The Labute approximate surface area is 96.2 Å². The number of hydrogen-bond donors (Lipinski definition) is 2. The zero-order valence-electron chi connectivity index (χ0n) is 11.4. The monoisotopic (exact) mass is 214 g/mol. The van der Waals surface area contributed by atoms with E-state index in [9.17, 15) is 0 Å². The van der Waals surface area contributed by atoms with Gasteiger partial charge in [-0.25, -0.2) is 0 Å². The summed E-state index contributed by atoms with van der Waals surface area (Å²) < 4.78 is 0. The maximum atomic E-state index is 3.63. The van der Waals surface area contributed by atoms with Crippen molar-refractivity contribution in [1.82, 2.24) is 10.6 Å². The summed E-state index contributed by atoms with van der Waals surface area (Å²) in [4.78, 5) is 0. The van der Waals surface area contributed by atoms with E-state index >= 15 is 0 Å². The Balaban J connectivity index is 3.79. The molecule has 0 aromatic heterocycles. The Kier molecular flexibility index (Phi) is 8.07. The van der Waals surface area contributed by atoms with Crippen LogP contribution >= 0.6 is 0 Å². The van der Waals surface area contributed by atoms with Crippen molar-refractivity contribution in [1.29, 1.82) is 0 Å². The number of nitrogens with one attached hydrogen (secondary N) is 2. The molecule has 0 aliphatic heterocycles. The molecule has 0 aliphatic carbocycles. The van der Waals surface area contributed by atoms with Gasteiger partial charge in [0.1, 0.15) is 0 Å². The Morgan fingerprint density at radius 1 is 1.07 bits per heavy atom. The Hall–Kier alpha value is -0.0800. The number of likely N-dealkylation sites (N-methyl/N-ethyl adjacent to an activating group) is 1. The molecule has 0 rings (SSSR count). The van der Waals surface area contributed by atoms with E-state index in [0.29, 0.717) is 12.1 Å². The molecule has 0 saturated carbocycles. The molecule has 0 radical (unpaired) electrons. The zero-order valence-corrected chi connectivity index (χ0v) is 11.4. The molecule has 0 aromatic rings. The minimum Gasteiger partial charge on any atom is -0.316 e. The second kappa shape index (κ2) is 8.12. The normalized spacial score (nSPS) is 17.8. The molecule has 15 heavy (non-hydrogen) atoms.